The van der Waals surface area contributed by atoms with Crippen molar-refractivity contribution in [1.82, 2.24) is 19.9 Å². The van der Waals surface area contributed by atoms with Crippen LogP contribution in [0.15, 0.2) is 29.3 Å². The Labute approximate surface area is 155 Å². The molecule has 0 unspecified atom stereocenters. The molecule has 8 nitrogen and oxygen atoms in total. The number of hydrogen-bond acceptors (Lipinski definition) is 8. The SMILES string of the molecule is Brc1cnc(N2CCN(c3cc(N4CCOCC4)ncn3)CC2)nc1. The van der Waals surface area contributed by atoms with Crippen LogP contribution in [0, 0.1) is 0 Å². The zero-order valence-corrected chi connectivity index (χ0v) is 15.5. The molecule has 0 spiro atoms. The normalized spacial score (nSPS) is 18.5. The minimum Gasteiger partial charge on any atom is -0.378 e. The van der Waals surface area contributed by atoms with Crippen LogP contribution in [0.3, 0.4) is 0 Å². The van der Waals surface area contributed by atoms with Crippen LogP contribution in [0.25, 0.3) is 0 Å². The highest BCUT2D eigenvalue weighted by molar-refractivity contribution is 9.10. The van der Waals surface area contributed by atoms with E-state index >= 15 is 0 Å². The van der Waals surface area contributed by atoms with Crippen LogP contribution >= 0.6 is 15.9 Å². The lowest BCUT2D eigenvalue weighted by Gasteiger charge is -2.35. The molecule has 0 amide bonds. The van der Waals surface area contributed by atoms with Gasteiger partial charge in [-0.15, -0.1) is 0 Å². The number of ether oxygens (including phenoxy) is 1. The van der Waals surface area contributed by atoms with Crippen LogP contribution in [0.1, 0.15) is 0 Å². The third-order valence-electron chi connectivity index (χ3n) is 4.47. The van der Waals surface area contributed by atoms with Crippen molar-refractivity contribution in [2.45, 2.75) is 0 Å². The Kier molecular flexibility index (Phi) is 4.93. The minimum atomic E-state index is 0.755. The number of rotatable bonds is 3. The molecule has 4 heterocycles. The van der Waals surface area contributed by atoms with Gasteiger partial charge in [0.05, 0.1) is 17.7 Å². The maximum Gasteiger partial charge on any atom is 0.225 e. The predicted molar refractivity (Wildman–Crippen MR) is 99.2 cm³/mol. The molecule has 25 heavy (non-hydrogen) atoms. The number of halogens is 1. The van der Waals surface area contributed by atoms with Crippen molar-refractivity contribution < 1.29 is 4.74 Å². The molecule has 0 aliphatic carbocycles. The van der Waals surface area contributed by atoms with E-state index < -0.39 is 0 Å². The highest BCUT2D eigenvalue weighted by Crippen LogP contribution is 2.21. The number of nitrogens with zero attached hydrogens (tertiary/aromatic N) is 7. The van der Waals surface area contributed by atoms with Crippen LogP contribution in [-0.4, -0.2) is 72.4 Å². The average Bonchev–Trinajstić information content (AvgIpc) is 2.70. The molecule has 9 heteroatoms. The standard InChI is InChI=1S/C16H20BrN7O/c17-13-10-18-16(19-11-13)24-3-1-22(2-4-24)14-9-15(21-12-20-14)23-5-7-25-8-6-23/h9-12H,1-8H2. The molecule has 132 valence electrons. The fourth-order valence-corrected chi connectivity index (χ4v) is 3.28. The van der Waals surface area contributed by atoms with Gasteiger partial charge in [0.15, 0.2) is 0 Å². The van der Waals surface area contributed by atoms with E-state index in [9.17, 15) is 0 Å². The zero-order chi connectivity index (χ0) is 17.1. The number of hydrogen-bond donors (Lipinski definition) is 0. The first-order valence-corrected chi connectivity index (χ1v) is 9.21. The zero-order valence-electron chi connectivity index (χ0n) is 13.9. The van der Waals surface area contributed by atoms with E-state index in [4.69, 9.17) is 4.74 Å². The molecule has 2 saturated heterocycles. The van der Waals surface area contributed by atoms with Gasteiger partial charge in [0.1, 0.15) is 18.0 Å². The third kappa shape index (κ3) is 3.82. The van der Waals surface area contributed by atoms with Crippen molar-refractivity contribution in [1.29, 1.82) is 0 Å². The summed E-state index contributed by atoms with van der Waals surface area (Å²) in [5.41, 5.74) is 0. The Morgan fingerprint density at radius 2 is 1.32 bits per heavy atom. The summed E-state index contributed by atoms with van der Waals surface area (Å²) in [6.45, 7) is 6.79. The Morgan fingerprint density at radius 3 is 1.96 bits per heavy atom. The van der Waals surface area contributed by atoms with Gasteiger partial charge in [-0.1, -0.05) is 0 Å². The molecule has 0 saturated carbocycles. The second-order valence-corrected chi connectivity index (χ2v) is 6.92. The van der Waals surface area contributed by atoms with Crippen LogP contribution in [0.2, 0.25) is 0 Å². The monoisotopic (exact) mass is 405 g/mol. The van der Waals surface area contributed by atoms with Gasteiger partial charge in [0.2, 0.25) is 5.95 Å². The van der Waals surface area contributed by atoms with Crippen molar-refractivity contribution >= 4 is 33.5 Å². The van der Waals surface area contributed by atoms with Gasteiger partial charge in [-0.05, 0) is 15.9 Å². The number of morpholine rings is 1. The van der Waals surface area contributed by atoms with Gasteiger partial charge in [-0.2, -0.15) is 0 Å². The fraction of sp³-hybridized carbons (Fsp3) is 0.500. The van der Waals surface area contributed by atoms with E-state index in [-0.39, 0.29) is 0 Å². The van der Waals surface area contributed by atoms with Crippen LogP contribution in [0.5, 0.6) is 0 Å². The average molecular weight is 406 g/mol. The van der Waals surface area contributed by atoms with E-state index in [0.29, 0.717) is 0 Å². The van der Waals surface area contributed by atoms with Crippen molar-refractivity contribution in [2.24, 2.45) is 0 Å². The molecular weight excluding hydrogens is 386 g/mol. The van der Waals surface area contributed by atoms with E-state index in [0.717, 1.165) is 74.5 Å². The van der Waals surface area contributed by atoms with Crippen molar-refractivity contribution in [3.8, 4) is 0 Å². The lowest BCUT2D eigenvalue weighted by molar-refractivity contribution is 0.122. The molecule has 0 radical (unpaired) electrons. The second-order valence-electron chi connectivity index (χ2n) is 6.01. The topological polar surface area (TPSA) is 70.5 Å². The fourth-order valence-electron chi connectivity index (χ4n) is 3.08. The Morgan fingerprint density at radius 1 is 0.760 bits per heavy atom. The first-order valence-electron chi connectivity index (χ1n) is 8.42. The number of piperazine rings is 1. The smallest absolute Gasteiger partial charge is 0.225 e. The predicted octanol–water partition coefficient (Wildman–Crippen LogP) is 1.19. The van der Waals surface area contributed by atoms with Gasteiger partial charge < -0.3 is 19.4 Å². The minimum absolute atomic E-state index is 0.755. The first kappa shape index (κ1) is 16.5. The van der Waals surface area contributed by atoms with Crippen molar-refractivity contribution in [3.63, 3.8) is 0 Å². The quantitative estimate of drug-likeness (QED) is 0.753. The molecule has 0 N–H and O–H groups in total. The third-order valence-corrected chi connectivity index (χ3v) is 4.88. The maximum atomic E-state index is 5.41. The number of anilines is 3. The number of aromatic nitrogens is 4. The first-order chi connectivity index (χ1) is 12.3. The Bertz CT molecular complexity index is 700. The molecule has 4 rings (SSSR count). The molecular formula is C16H20BrN7O. The van der Waals surface area contributed by atoms with Gasteiger partial charge in [0, 0.05) is 57.7 Å². The summed E-state index contributed by atoms with van der Waals surface area (Å²) in [4.78, 5) is 24.4. The largest absolute Gasteiger partial charge is 0.378 e. The Balaban J connectivity index is 1.41. The summed E-state index contributed by atoms with van der Waals surface area (Å²) < 4.78 is 6.31. The van der Waals surface area contributed by atoms with Crippen molar-refractivity contribution in [3.05, 3.63) is 29.3 Å². The van der Waals surface area contributed by atoms with Gasteiger partial charge >= 0.3 is 0 Å². The molecule has 2 fully saturated rings. The van der Waals surface area contributed by atoms with E-state index in [2.05, 4.69) is 56.6 Å². The van der Waals surface area contributed by atoms with E-state index in [1.165, 1.54) is 0 Å². The summed E-state index contributed by atoms with van der Waals surface area (Å²) in [5, 5.41) is 0. The highest BCUT2D eigenvalue weighted by Gasteiger charge is 2.21. The molecule has 0 atom stereocenters. The molecule has 2 aliphatic heterocycles. The second kappa shape index (κ2) is 7.49. The lowest BCUT2D eigenvalue weighted by Crippen LogP contribution is -2.47. The summed E-state index contributed by atoms with van der Waals surface area (Å²) in [5.74, 6) is 2.74. The summed E-state index contributed by atoms with van der Waals surface area (Å²) in [6, 6.07) is 2.08. The van der Waals surface area contributed by atoms with Crippen molar-refractivity contribution in [2.75, 3.05) is 67.2 Å². The van der Waals surface area contributed by atoms with Gasteiger partial charge in [0.25, 0.3) is 0 Å². The molecule has 2 aliphatic rings. The summed E-state index contributed by atoms with van der Waals surface area (Å²) >= 11 is 3.37. The maximum absolute atomic E-state index is 5.41. The van der Waals surface area contributed by atoms with Gasteiger partial charge in [-0.3, -0.25) is 0 Å². The van der Waals surface area contributed by atoms with Crippen LogP contribution < -0.4 is 14.7 Å². The Hall–Kier alpha value is -2.00. The van der Waals surface area contributed by atoms with Crippen LogP contribution in [0.4, 0.5) is 17.6 Å². The molecule has 2 aromatic heterocycles. The lowest BCUT2D eigenvalue weighted by atomic mass is 10.3. The van der Waals surface area contributed by atoms with Crippen LogP contribution in [-0.2, 0) is 4.74 Å². The highest BCUT2D eigenvalue weighted by atomic mass is 79.9. The summed E-state index contributed by atoms with van der Waals surface area (Å²) in [6.07, 6.45) is 5.23. The van der Waals surface area contributed by atoms with Gasteiger partial charge in [-0.25, -0.2) is 19.9 Å². The van der Waals surface area contributed by atoms with E-state index in [1.54, 1.807) is 18.7 Å². The molecule has 0 aromatic carbocycles. The van der Waals surface area contributed by atoms with E-state index in [1.807, 2.05) is 0 Å². The molecule has 0 bridgehead atoms. The molecule has 2 aromatic rings. The summed E-state index contributed by atoms with van der Waals surface area (Å²) in [7, 11) is 0.